The Kier molecular flexibility index (Phi) is 6.84. The van der Waals surface area contributed by atoms with E-state index in [0.29, 0.717) is 5.75 Å². The lowest BCUT2D eigenvalue weighted by Crippen LogP contribution is -2.02. The summed E-state index contributed by atoms with van der Waals surface area (Å²) in [6, 6.07) is 27.3. The van der Waals surface area contributed by atoms with Crippen molar-refractivity contribution in [3.8, 4) is 34.1 Å². The molecule has 0 atom stereocenters. The number of rotatable bonds is 8. The maximum absolute atomic E-state index is 10.4. The molecule has 33 heavy (non-hydrogen) atoms. The Hall–Kier alpha value is -3.92. The van der Waals surface area contributed by atoms with Crippen molar-refractivity contribution < 1.29 is 20.4 Å². The van der Waals surface area contributed by atoms with Crippen LogP contribution in [0.25, 0.3) is 11.1 Å². The zero-order valence-electron chi connectivity index (χ0n) is 18.4. The van der Waals surface area contributed by atoms with Crippen LogP contribution in [0.5, 0.6) is 23.0 Å². The summed E-state index contributed by atoms with van der Waals surface area (Å²) in [7, 11) is 0. The first-order valence-electron chi connectivity index (χ1n) is 11.2. The summed E-state index contributed by atoms with van der Waals surface area (Å²) in [4.78, 5) is 0. The van der Waals surface area contributed by atoms with Crippen molar-refractivity contribution in [2.75, 3.05) is 0 Å². The Labute approximate surface area is 194 Å². The third-order valence-electron chi connectivity index (χ3n) is 6.06. The van der Waals surface area contributed by atoms with E-state index < -0.39 is 0 Å². The average molecular weight is 441 g/mol. The van der Waals surface area contributed by atoms with Gasteiger partial charge in [-0.3, -0.25) is 0 Å². The van der Waals surface area contributed by atoms with Crippen LogP contribution in [-0.4, -0.2) is 20.4 Å². The van der Waals surface area contributed by atoms with Crippen molar-refractivity contribution in [2.45, 2.75) is 31.6 Å². The van der Waals surface area contributed by atoms with Gasteiger partial charge in [-0.15, -0.1) is 0 Å². The summed E-state index contributed by atoms with van der Waals surface area (Å²) in [5.74, 6) is 1.17. The highest BCUT2D eigenvalue weighted by atomic mass is 16.3. The van der Waals surface area contributed by atoms with Crippen LogP contribution in [0.4, 0.5) is 0 Å². The van der Waals surface area contributed by atoms with E-state index in [2.05, 4.69) is 0 Å². The quantitative estimate of drug-likeness (QED) is 0.229. The molecule has 0 bridgehead atoms. The van der Waals surface area contributed by atoms with Crippen LogP contribution in [0.1, 0.15) is 41.9 Å². The van der Waals surface area contributed by atoms with Gasteiger partial charge in [0.15, 0.2) is 0 Å². The van der Waals surface area contributed by atoms with Crippen LogP contribution in [0.2, 0.25) is 0 Å². The monoisotopic (exact) mass is 440 g/mol. The van der Waals surface area contributed by atoms with E-state index in [1.165, 1.54) is 0 Å². The Balaban J connectivity index is 1.44. The van der Waals surface area contributed by atoms with Gasteiger partial charge >= 0.3 is 0 Å². The second-order valence-electron chi connectivity index (χ2n) is 8.37. The van der Waals surface area contributed by atoms with Crippen molar-refractivity contribution in [1.29, 1.82) is 0 Å². The molecular formula is C29H28O4. The van der Waals surface area contributed by atoms with Crippen molar-refractivity contribution in [1.82, 2.24) is 0 Å². The number of phenolic OH excluding ortho intramolecular Hbond substituents is 4. The first kappa shape index (κ1) is 22.3. The molecule has 0 fully saturated rings. The largest absolute Gasteiger partial charge is 0.508 e. The molecule has 0 amide bonds. The Morgan fingerprint density at radius 3 is 1.55 bits per heavy atom. The highest BCUT2D eigenvalue weighted by Crippen LogP contribution is 2.33. The molecule has 4 rings (SSSR count). The number of phenols is 4. The van der Waals surface area contributed by atoms with Gasteiger partial charge in [-0.2, -0.15) is 0 Å². The molecule has 0 aliphatic rings. The number of aromatic hydroxyl groups is 4. The molecule has 0 aliphatic carbocycles. The zero-order valence-corrected chi connectivity index (χ0v) is 18.4. The lowest BCUT2D eigenvalue weighted by atomic mass is 9.86. The van der Waals surface area contributed by atoms with Crippen molar-refractivity contribution >= 4 is 0 Å². The summed E-state index contributed by atoms with van der Waals surface area (Å²) in [6.07, 6.45) is 3.54. The molecule has 4 aromatic rings. The molecule has 0 unspecified atom stereocenters. The van der Waals surface area contributed by atoms with E-state index >= 15 is 0 Å². The van der Waals surface area contributed by atoms with Gasteiger partial charge in [-0.1, -0.05) is 48.9 Å². The first-order chi connectivity index (χ1) is 16.0. The predicted molar refractivity (Wildman–Crippen MR) is 131 cm³/mol. The fourth-order valence-electron chi connectivity index (χ4n) is 4.22. The van der Waals surface area contributed by atoms with Crippen LogP contribution in [0, 0.1) is 0 Å². The predicted octanol–water partition coefficient (Wildman–Crippen LogP) is 6.72. The van der Waals surface area contributed by atoms with E-state index in [1.54, 1.807) is 42.5 Å². The fraction of sp³-hybridized carbons (Fsp3) is 0.172. The van der Waals surface area contributed by atoms with Gasteiger partial charge in [0.1, 0.15) is 23.0 Å². The van der Waals surface area contributed by atoms with E-state index in [-0.39, 0.29) is 23.2 Å². The minimum atomic E-state index is 0.156. The molecule has 0 saturated carbocycles. The average Bonchev–Trinajstić information content (AvgIpc) is 2.82. The molecule has 0 aromatic heterocycles. The standard InChI is InChI=1S/C29H28O4/c30-25-12-5-20(6-13-25)23-11-18-29(33)24(19-23)3-1-2-4-28(21-7-14-26(31)15-8-21)22-9-16-27(32)17-10-22/h5-19,28,30-33H,1-4H2. The van der Waals surface area contributed by atoms with Crippen molar-refractivity contribution in [3.05, 3.63) is 108 Å². The van der Waals surface area contributed by atoms with Gasteiger partial charge in [0.2, 0.25) is 0 Å². The SMILES string of the molecule is Oc1ccc(-c2ccc(O)c(CCCCC(c3ccc(O)cc3)c3ccc(O)cc3)c2)cc1. The topological polar surface area (TPSA) is 80.9 Å². The van der Waals surface area contributed by atoms with Gasteiger partial charge in [0, 0.05) is 5.92 Å². The summed E-state index contributed by atoms with van der Waals surface area (Å²) in [6.45, 7) is 0. The lowest BCUT2D eigenvalue weighted by molar-refractivity contribution is 0.466. The molecule has 4 heteroatoms. The summed E-state index contributed by atoms with van der Waals surface area (Å²) >= 11 is 0. The second kappa shape index (κ2) is 10.1. The molecule has 0 spiro atoms. The van der Waals surface area contributed by atoms with Gasteiger partial charge in [-0.05, 0) is 95.6 Å². The van der Waals surface area contributed by atoms with Crippen LogP contribution in [-0.2, 0) is 6.42 Å². The highest BCUT2D eigenvalue weighted by molar-refractivity contribution is 5.66. The molecule has 4 nitrogen and oxygen atoms in total. The summed E-state index contributed by atoms with van der Waals surface area (Å²) < 4.78 is 0. The normalized spacial score (nSPS) is 11.1. The molecule has 0 radical (unpaired) electrons. The molecular weight excluding hydrogens is 412 g/mol. The number of benzene rings is 4. The van der Waals surface area contributed by atoms with E-state index in [9.17, 15) is 20.4 Å². The second-order valence-corrected chi connectivity index (χ2v) is 8.37. The Morgan fingerprint density at radius 1 is 0.515 bits per heavy atom. The molecule has 0 saturated heterocycles. The van der Waals surface area contributed by atoms with Crippen LogP contribution in [0.3, 0.4) is 0 Å². The van der Waals surface area contributed by atoms with Crippen molar-refractivity contribution in [2.24, 2.45) is 0 Å². The van der Waals surface area contributed by atoms with E-state index in [1.807, 2.05) is 48.5 Å². The number of aryl methyl sites for hydroxylation is 1. The van der Waals surface area contributed by atoms with Crippen LogP contribution < -0.4 is 0 Å². The molecule has 4 N–H and O–H groups in total. The Morgan fingerprint density at radius 2 is 1.00 bits per heavy atom. The molecule has 0 aliphatic heterocycles. The van der Waals surface area contributed by atoms with Crippen LogP contribution >= 0.6 is 0 Å². The molecule has 4 aromatic carbocycles. The number of hydrogen-bond donors (Lipinski definition) is 4. The number of unbranched alkanes of at least 4 members (excludes halogenated alkanes) is 1. The summed E-state index contributed by atoms with van der Waals surface area (Å²) in [5, 5.41) is 39.2. The van der Waals surface area contributed by atoms with Gasteiger partial charge in [-0.25, -0.2) is 0 Å². The summed E-state index contributed by atoms with van der Waals surface area (Å²) in [5.41, 5.74) is 5.15. The highest BCUT2D eigenvalue weighted by Gasteiger charge is 2.15. The fourth-order valence-corrected chi connectivity index (χ4v) is 4.22. The minimum Gasteiger partial charge on any atom is -0.508 e. The molecule has 0 heterocycles. The lowest BCUT2D eigenvalue weighted by Gasteiger charge is -2.18. The van der Waals surface area contributed by atoms with Gasteiger partial charge < -0.3 is 20.4 Å². The minimum absolute atomic E-state index is 0.156. The number of hydrogen-bond acceptors (Lipinski definition) is 4. The zero-order chi connectivity index (χ0) is 23.2. The van der Waals surface area contributed by atoms with E-state index in [0.717, 1.165) is 53.5 Å². The third-order valence-corrected chi connectivity index (χ3v) is 6.06. The van der Waals surface area contributed by atoms with Gasteiger partial charge in [0.25, 0.3) is 0 Å². The Bertz CT molecular complexity index is 1130. The van der Waals surface area contributed by atoms with Crippen molar-refractivity contribution in [3.63, 3.8) is 0 Å². The maximum Gasteiger partial charge on any atom is 0.118 e. The van der Waals surface area contributed by atoms with Crippen LogP contribution in [0.15, 0.2) is 91.0 Å². The third kappa shape index (κ3) is 5.66. The molecule has 168 valence electrons. The maximum atomic E-state index is 10.4. The van der Waals surface area contributed by atoms with Gasteiger partial charge in [0.05, 0.1) is 0 Å². The van der Waals surface area contributed by atoms with E-state index in [4.69, 9.17) is 0 Å². The smallest absolute Gasteiger partial charge is 0.118 e. The first-order valence-corrected chi connectivity index (χ1v) is 11.2.